The first kappa shape index (κ1) is 14.4. The van der Waals surface area contributed by atoms with Gasteiger partial charge in [0.05, 0.1) is 46.2 Å². The zero-order chi connectivity index (χ0) is 11.2. The lowest BCUT2D eigenvalue weighted by atomic mass is 10.7. The van der Waals surface area contributed by atoms with Crippen LogP contribution in [0.5, 0.6) is 0 Å². The summed E-state index contributed by atoms with van der Waals surface area (Å²) in [7, 11) is 0. The van der Waals surface area contributed by atoms with Gasteiger partial charge in [-0.25, -0.2) is 5.90 Å². The van der Waals surface area contributed by atoms with Gasteiger partial charge in [-0.05, 0) is 0 Å². The highest BCUT2D eigenvalue weighted by atomic mass is 16.6. The van der Waals surface area contributed by atoms with E-state index in [4.69, 9.17) is 20.1 Å². The fourth-order valence-corrected chi connectivity index (χ4v) is 0.751. The average molecular weight is 222 g/mol. The molecule has 7 nitrogen and oxygen atoms in total. The van der Waals surface area contributed by atoms with Crippen molar-refractivity contribution in [3.05, 3.63) is 4.91 Å². The van der Waals surface area contributed by atoms with E-state index in [0.717, 1.165) is 0 Å². The van der Waals surface area contributed by atoms with E-state index in [9.17, 15) is 4.91 Å². The zero-order valence-corrected chi connectivity index (χ0v) is 8.72. The minimum Gasteiger partial charge on any atom is -0.377 e. The molecule has 0 bridgehead atoms. The highest BCUT2D eigenvalue weighted by Crippen LogP contribution is 1.81. The molecule has 90 valence electrons. The number of hydrogen-bond donors (Lipinski definition) is 1. The Hall–Kier alpha value is -0.600. The molecular formula is C8H18N2O5. The first-order valence-corrected chi connectivity index (χ1v) is 4.76. The van der Waals surface area contributed by atoms with Crippen LogP contribution >= 0.6 is 0 Å². The van der Waals surface area contributed by atoms with Crippen molar-refractivity contribution in [2.45, 2.75) is 0 Å². The average Bonchev–Trinajstić information content (AvgIpc) is 2.26. The number of ether oxygens (including phenoxy) is 3. The summed E-state index contributed by atoms with van der Waals surface area (Å²) in [6.45, 7) is 3.30. The SMILES string of the molecule is NOCCOCCOCCOCCN=O. The van der Waals surface area contributed by atoms with Crippen molar-refractivity contribution in [3.8, 4) is 0 Å². The third-order valence-corrected chi connectivity index (χ3v) is 1.42. The molecule has 0 aliphatic carbocycles. The second-order valence-corrected chi connectivity index (χ2v) is 2.56. The van der Waals surface area contributed by atoms with Crippen LogP contribution in [0.3, 0.4) is 0 Å². The van der Waals surface area contributed by atoms with Crippen LogP contribution in [-0.2, 0) is 19.0 Å². The van der Waals surface area contributed by atoms with Crippen molar-refractivity contribution in [1.82, 2.24) is 0 Å². The van der Waals surface area contributed by atoms with Gasteiger partial charge in [-0.1, -0.05) is 5.18 Å². The van der Waals surface area contributed by atoms with Gasteiger partial charge in [-0.3, -0.25) is 0 Å². The molecule has 2 N–H and O–H groups in total. The molecule has 0 amide bonds. The molecule has 0 radical (unpaired) electrons. The van der Waals surface area contributed by atoms with E-state index in [1.807, 2.05) is 0 Å². The number of nitrogens with zero attached hydrogens (tertiary/aromatic N) is 1. The van der Waals surface area contributed by atoms with E-state index in [1.54, 1.807) is 0 Å². The normalized spacial score (nSPS) is 10.5. The van der Waals surface area contributed by atoms with E-state index < -0.39 is 0 Å². The molecule has 0 fully saturated rings. The lowest BCUT2D eigenvalue weighted by Gasteiger charge is -2.05. The maximum atomic E-state index is 9.67. The molecule has 0 rings (SSSR count). The monoisotopic (exact) mass is 222 g/mol. The maximum absolute atomic E-state index is 9.67. The predicted molar refractivity (Wildman–Crippen MR) is 53.3 cm³/mol. The van der Waals surface area contributed by atoms with E-state index >= 15 is 0 Å². The Bertz CT molecular complexity index is 136. The van der Waals surface area contributed by atoms with Crippen LogP contribution in [0.4, 0.5) is 0 Å². The summed E-state index contributed by atoms with van der Waals surface area (Å²) in [5, 5.41) is 2.65. The molecule has 0 aliphatic rings. The van der Waals surface area contributed by atoms with Gasteiger partial charge in [0, 0.05) is 0 Å². The van der Waals surface area contributed by atoms with Crippen molar-refractivity contribution >= 4 is 0 Å². The van der Waals surface area contributed by atoms with Gasteiger partial charge in [0.2, 0.25) is 0 Å². The summed E-state index contributed by atoms with van der Waals surface area (Å²) in [6, 6.07) is 0. The Morgan fingerprint density at radius 3 is 1.73 bits per heavy atom. The lowest BCUT2D eigenvalue weighted by Crippen LogP contribution is -2.13. The highest BCUT2D eigenvalue weighted by molar-refractivity contribution is 4.38. The molecule has 0 atom stereocenters. The van der Waals surface area contributed by atoms with Crippen LogP contribution in [0.1, 0.15) is 0 Å². The summed E-state index contributed by atoms with van der Waals surface area (Å²) >= 11 is 0. The first-order valence-electron chi connectivity index (χ1n) is 4.76. The van der Waals surface area contributed by atoms with Crippen molar-refractivity contribution in [1.29, 1.82) is 0 Å². The fourth-order valence-electron chi connectivity index (χ4n) is 0.751. The van der Waals surface area contributed by atoms with Crippen LogP contribution in [0.15, 0.2) is 5.18 Å². The number of hydrogen-bond acceptors (Lipinski definition) is 7. The van der Waals surface area contributed by atoms with Gasteiger partial charge < -0.3 is 19.0 Å². The van der Waals surface area contributed by atoms with Gasteiger partial charge in [0.15, 0.2) is 0 Å². The van der Waals surface area contributed by atoms with Gasteiger partial charge in [0.25, 0.3) is 0 Å². The molecule has 0 aromatic heterocycles. The van der Waals surface area contributed by atoms with Crippen molar-refractivity contribution in [3.63, 3.8) is 0 Å². The second kappa shape index (κ2) is 13.4. The molecule has 0 saturated heterocycles. The predicted octanol–water partition coefficient (Wildman–Crippen LogP) is -0.307. The van der Waals surface area contributed by atoms with Crippen molar-refractivity contribution < 1.29 is 19.0 Å². The van der Waals surface area contributed by atoms with Crippen molar-refractivity contribution in [2.24, 2.45) is 11.1 Å². The smallest absolute Gasteiger partial charge is 0.104 e. The van der Waals surface area contributed by atoms with Gasteiger partial charge in [0.1, 0.15) is 6.54 Å². The lowest BCUT2D eigenvalue weighted by molar-refractivity contribution is -0.00121. The Morgan fingerprint density at radius 2 is 1.27 bits per heavy atom. The minimum atomic E-state index is 0.183. The van der Waals surface area contributed by atoms with E-state index in [0.29, 0.717) is 46.2 Å². The van der Waals surface area contributed by atoms with Crippen LogP contribution in [0.2, 0.25) is 0 Å². The molecule has 0 spiro atoms. The van der Waals surface area contributed by atoms with Gasteiger partial charge in [-0.2, -0.15) is 4.91 Å². The molecule has 0 aliphatic heterocycles. The third-order valence-electron chi connectivity index (χ3n) is 1.42. The van der Waals surface area contributed by atoms with Gasteiger partial charge in [-0.15, -0.1) is 0 Å². The maximum Gasteiger partial charge on any atom is 0.104 e. The molecule has 7 heteroatoms. The first-order chi connectivity index (χ1) is 7.41. The van der Waals surface area contributed by atoms with E-state index in [-0.39, 0.29) is 6.54 Å². The Labute approximate surface area is 88.7 Å². The Kier molecular flexibility index (Phi) is 12.9. The molecule has 0 saturated carbocycles. The molecule has 0 heterocycles. The largest absolute Gasteiger partial charge is 0.377 e. The van der Waals surface area contributed by atoms with Gasteiger partial charge >= 0.3 is 0 Å². The number of nitrogens with two attached hydrogens (primary N) is 1. The van der Waals surface area contributed by atoms with Crippen molar-refractivity contribution in [2.75, 3.05) is 52.8 Å². The molecule has 15 heavy (non-hydrogen) atoms. The van der Waals surface area contributed by atoms with Crippen LogP contribution < -0.4 is 5.90 Å². The summed E-state index contributed by atoms with van der Waals surface area (Å²) < 4.78 is 15.3. The zero-order valence-electron chi connectivity index (χ0n) is 8.72. The summed E-state index contributed by atoms with van der Waals surface area (Å²) in [5.41, 5.74) is 0. The Balaban J connectivity index is 2.83. The van der Waals surface area contributed by atoms with E-state index in [2.05, 4.69) is 10.0 Å². The Morgan fingerprint density at radius 1 is 0.800 bits per heavy atom. The minimum absolute atomic E-state index is 0.183. The fraction of sp³-hybridized carbons (Fsp3) is 1.00. The van der Waals surface area contributed by atoms with Crippen LogP contribution in [0.25, 0.3) is 0 Å². The topological polar surface area (TPSA) is 92.4 Å². The summed E-state index contributed by atoms with van der Waals surface area (Å²) in [4.78, 5) is 14.0. The number of rotatable bonds is 12. The standard InChI is InChI=1S/C8H18N2O5/c9-15-8-7-14-6-5-13-4-3-12-2-1-10-11/h1-9H2. The highest BCUT2D eigenvalue weighted by Gasteiger charge is 1.91. The number of nitroso groups, excluding NO2 is 1. The van der Waals surface area contributed by atoms with E-state index in [1.165, 1.54) is 0 Å². The van der Waals surface area contributed by atoms with Crippen LogP contribution in [0, 0.1) is 4.91 Å². The van der Waals surface area contributed by atoms with Crippen LogP contribution in [-0.4, -0.2) is 52.8 Å². The molecule has 0 aromatic rings. The summed E-state index contributed by atoms with van der Waals surface area (Å²) in [6.07, 6.45) is 0. The third kappa shape index (κ3) is 13.4. The second-order valence-electron chi connectivity index (χ2n) is 2.56. The molecular weight excluding hydrogens is 204 g/mol. The quantitative estimate of drug-likeness (QED) is 0.277. The summed E-state index contributed by atoms with van der Waals surface area (Å²) in [5.74, 6) is 4.79. The molecule has 0 unspecified atom stereocenters. The molecule has 0 aromatic carbocycles.